The molecule has 0 aromatic heterocycles. The molecule has 7 nitrogen and oxygen atoms in total. The first-order valence-electron chi connectivity index (χ1n) is 9.92. The van der Waals surface area contributed by atoms with E-state index in [1.54, 1.807) is 12.1 Å². The van der Waals surface area contributed by atoms with Gasteiger partial charge in [-0.15, -0.1) is 0 Å². The Labute approximate surface area is 179 Å². The van der Waals surface area contributed by atoms with E-state index in [1.807, 2.05) is 0 Å². The predicted octanol–water partition coefficient (Wildman–Crippen LogP) is 3.98. The smallest absolute Gasteiger partial charge is 0.414 e. The summed E-state index contributed by atoms with van der Waals surface area (Å²) < 4.78 is 5.88. The minimum atomic E-state index is -1.02. The summed E-state index contributed by atoms with van der Waals surface area (Å²) in [6.07, 6.45) is 1.32. The van der Waals surface area contributed by atoms with Gasteiger partial charge in [0.1, 0.15) is 11.9 Å². The van der Waals surface area contributed by atoms with Crippen LogP contribution in [0.25, 0.3) is 0 Å². The third-order valence-electron chi connectivity index (χ3n) is 5.83. The number of aromatic carboxylic acids is 1. The van der Waals surface area contributed by atoms with Gasteiger partial charge < -0.3 is 14.9 Å². The van der Waals surface area contributed by atoms with Crippen molar-refractivity contribution in [2.24, 2.45) is 5.92 Å². The maximum Gasteiger partial charge on any atom is 0.414 e. The number of fused-ring (bicyclic) bond motifs is 3. The van der Waals surface area contributed by atoms with Crippen LogP contribution >= 0.6 is 11.6 Å². The lowest BCUT2D eigenvalue weighted by atomic mass is 9.86. The van der Waals surface area contributed by atoms with E-state index in [9.17, 15) is 14.7 Å². The van der Waals surface area contributed by atoms with Gasteiger partial charge in [-0.1, -0.05) is 23.7 Å². The molecule has 8 heteroatoms. The Bertz CT molecular complexity index is 941. The summed E-state index contributed by atoms with van der Waals surface area (Å²) in [5, 5.41) is 19.3. The lowest BCUT2D eigenvalue weighted by Gasteiger charge is -2.44. The largest absolute Gasteiger partial charge is 0.508 e. The fraction of sp³-hybridized carbons (Fsp3) is 0.364. The van der Waals surface area contributed by atoms with Gasteiger partial charge in [-0.25, -0.2) is 9.59 Å². The van der Waals surface area contributed by atoms with Crippen LogP contribution in [0.15, 0.2) is 42.5 Å². The lowest BCUT2D eigenvalue weighted by molar-refractivity contribution is -0.0311. The number of benzene rings is 2. The molecule has 2 bridgehead atoms. The molecule has 1 atom stereocenters. The molecule has 0 radical (unpaired) electrons. The quantitative estimate of drug-likeness (QED) is 0.745. The summed E-state index contributed by atoms with van der Waals surface area (Å²) in [6.45, 7) is 2.93. The van der Waals surface area contributed by atoms with Gasteiger partial charge in [-0.3, -0.25) is 9.80 Å². The molecule has 3 saturated heterocycles. The van der Waals surface area contributed by atoms with Crippen LogP contribution in [-0.4, -0.2) is 52.9 Å². The maximum atomic E-state index is 13.2. The first kappa shape index (κ1) is 20.5. The van der Waals surface area contributed by atoms with Crippen molar-refractivity contribution in [1.82, 2.24) is 4.90 Å². The molecule has 5 rings (SSSR count). The standard InChI is InChI=1S/C22H23ClN2O5/c23-18-6-5-17(26)11-19(18)25(12-14-1-3-16(4-2-14)21(27)28)22(29)30-20-13-24-9-7-15(20)8-10-24/h1-6,11,15,20,26H,7-10,12-13H2,(H,27,28)/t20-/m0/s1. The zero-order valence-electron chi connectivity index (χ0n) is 16.3. The number of carboxylic acid groups (broad SMARTS) is 1. The van der Waals surface area contributed by atoms with E-state index in [1.165, 1.54) is 35.2 Å². The Morgan fingerprint density at radius 2 is 1.83 bits per heavy atom. The number of amides is 1. The van der Waals surface area contributed by atoms with E-state index in [-0.39, 0.29) is 24.0 Å². The molecule has 3 fully saturated rings. The second kappa shape index (κ2) is 8.53. The molecule has 158 valence electrons. The number of phenols is 1. The van der Waals surface area contributed by atoms with E-state index in [2.05, 4.69) is 4.90 Å². The fourth-order valence-corrected chi connectivity index (χ4v) is 4.35. The maximum absolute atomic E-state index is 13.2. The Morgan fingerprint density at radius 3 is 2.43 bits per heavy atom. The average Bonchev–Trinajstić information content (AvgIpc) is 2.75. The molecular weight excluding hydrogens is 408 g/mol. The van der Waals surface area contributed by atoms with Crippen molar-refractivity contribution in [3.8, 4) is 5.75 Å². The highest BCUT2D eigenvalue weighted by Crippen LogP contribution is 2.34. The molecule has 2 N–H and O–H groups in total. The predicted molar refractivity (Wildman–Crippen MR) is 112 cm³/mol. The molecule has 3 aliphatic heterocycles. The average molecular weight is 431 g/mol. The van der Waals surface area contributed by atoms with Crippen LogP contribution in [0.4, 0.5) is 10.5 Å². The zero-order chi connectivity index (χ0) is 21.3. The number of hydrogen-bond acceptors (Lipinski definition) is 5. The van der Waals surface area contributed by atoms with Gasteiger partial charge in [-0.05, 0) is 61.7 Å². The van der Waals surface area contributed by atoms with Crippen LogP contribution in [0.3, 0.4) is 0 Å². The summed E-state index contributed by atoms with van der Waals surface area (Å²) in [4.78, 5) is 28.0. The number of aromatic hydroxyl groups is 1. The van der Waals surface area contributed by atoms with Gasteiger partial charge in [0.2, 0.25) is 0 Å². The van der Waals surface area contributed by atoms with Gasteiger partial charge in [0, 0.05) is 12.6 Å². The van der Waals surface area contributed by atoms with Gasteiger partial charge >= 0.3 is 12.1 Å². The van der Waals surface area contributed by atoms with Crippen LogP contribution < -0.4 is 4.90 Å². The fourth-order valence-electron chi connectivity index (χ4n) is 4.13. The number of carbonyl (C=O) groups is 2. The summed E-state index contributed by atoms with van der Waals surface area (Å²) in [5.41, 5.74) is 1.21. The topological polar surface area (TPSA) is 90.3 Å². The van der Waals surface area contributed by atoms with Crippen molar-refractivity contribution in [2.75, 3.05) is 24.5 Å². The molecule has 0 unspecified atom stereocenters. The summed E-state index contributed by atoms with van der Waals surface area (Å²) in [6, 6.07) is 10.7. The number of anilines is 1. The number of hydrogen-bond donors (Lipinski definition) is 2. The number of nitrogens with zero attached hydrogens (tertiary/aromatic N) is 2. The molecule has 3 heterocycles. The first-order valence-corrected chi connectivity index (χ1v) is 10.3. The van der Waals surface area contributed by atoms with Crippen LogP contribution in [0, 0.1) is 5.92 Å². The van der Waals surface area contributed by atoms with Crippen LogP contribution in [-0.2, 0) is 11.3 Å². The highest BCUT2D eigenvalue weighted by atomic mass is 35.5. The Hall–Kier alpha value is -2.77. The minimum absolute atomic E-state index is 0.0174. The number of rotatable bonds is 5. The summed E-state index contributed by atoms with van der Waals surface area (Å²) >= 11 is 6.33. The van der Waals surface area contributed by atoms with Crippen molar-refractivity contribution in [1.29, 1.82) is 0 Å². The van der Waals surface area contributed by atoms with Crippen molar-refractivity contribution in [3.05, 3.63) is 58.6 Å². The minimum Gasteiger partial charge on any atom is -0.508 e. The zero-order valence-corrected chi connectivity index (χ0v) is 17.1. The molecule has 2 aromatic rings. The number of carbonyl (C=O) groups excluding carboxylic acids is 1. The van der Waals surface area contributed by atoms with E-state index in [4.69, 9.17) is 21.4 Å². The molecule has 0 saturated carbocycles. The molecule has 0 aliphatic carbocycles. The van der Waals surface area contributed by atoms with E-state index in [0.29, 0.717) is 22.2 Å². The van der Waals surface area contributed by atoms with Crippen molar-refractivity contribution in [3.63, 3.8) is 0 Å². The molecule has 30 heavy (non-hydrogen) atoms. The molecule has 1 amide bonds. The molecule has 2 aromatic carbocycles. The molecule has 3 aliphatic rings. The lowest BCUT2D eigenvalue weighted by Crippen LogP contribution is -2.53. The van der Waals surface area contributed by atoms with Gasteiger partial charge in [0.05, 0.1) is 22.8 Å². The van der Waals surface area contributed by atoms with Crippen LogP contribution in [0.5, 0.6) is 5.75 Å². The summed E-state index contributed by atoms with van der Waals surface area (Å²) in [7, 11) is 0. The van der Waals surface area contributed by atoms with Crippen LogP contribution in [0.1, 0.15) is 28.8 Å². The van der Waals surface area contributed by atoms with E-state index in [0.717, 1.165) is 32.5 Å². The van der Waals surface area contributed by atoms with Crippen molar-refractivity contribution >= 4 is 29.4 Å². The van der Waals surface area contributed by atoms with Crippen molar-refractivity contribution in [2.45, 2.75) is 25.5 Å². The molecule has 0 spiro atoms. The van der Waals surface area contributed by atoms with E-state index >= 15 is 0 Å². The number of phenolic OH excluding ortho intramolecular Hbond substituents is 1. The van der Waals surface area contributed by atoms with Crippen molar-refractivity contribution < 1.29 is 24.5 Å². The highest BCUT2D eigenvalue weighted by molar-refractivity contribution is 6.33. The first-order chi connectivity index (χ1) is 14.4. The van der Waals surface area contributed by atoms with Crippen LogP contribution in [0.2, 0.25) is 5.02 Å². The third-order valence-corrected chi connectivity index (χ3v) is 6.15. The second-order valence-corrected chi connectivity index (χ2v) is 8.19. The number of carboxylic acids is 1. The number of ether oxygens (including phenoxy) is 1. The number of halogens is 1. The van der Waals surface area contributed by atoms with Gasteiger partial charge in [-0.2, -0.15) is 0 Å². The normalized spacial score (nSPS) is 22.5. The Morgan fingerprint density at radius 1 is 1.13 bits per heavy atom. The third kappa shape index (κ3) is 4.37. The highest BCUT2D eigenvalue weighted by Gasteiger charge is 2.37. The summed E-state index contributed by atoms with van der Waals surface area (Å²) in [5.74, 6) is -0.678. The SMILES string of the molecule is O=C(O)c1ccc(CN(C(=O)O[C@H]2CN3CCC2CC3)c2cc(O)ccc2Cl)cc1. The monoisotopic (exact) mass is 430 g/mol. The van der Waals surface area contributed by atoms with Gasteiger partial charge in [0.15, 0.2) is 0 Å². The second-order valence-electron chi connectivity index (χ2n) is 7.78. The Kier molecular flexibility index (Phi) is 5.83. The van der Waals surface area contributed by atoms with Gasteiger partial charge in [0.25, 0.3) is 0 Å². The Balaban J connectivity index is 1.59. The number of piperidine rings is 3. The van der Waals surface area contributed by atoms with E-state index < -0.39 is 12.1 Å². The molecular formula is C22H23ClN2O5.